The van der Waals surface area contributed by atoms with Gasteiger partial charge in [0.15, 0.2) is 16.9 Å². The number of anilines is 1. The zero-order chi connectivity index (χ0) is 21.0. The van der Waals surface area contributed by atoms with Gasteiger partial charge in [-0.25, -0.2) is 4.79 Å². The molecule has 0 saturated heterocycles. The predicted octanol–water partition coefficient (Wildman–Crippen LogP) is 3.47. The molecule has 30 heavy (non-hydrogen) atoms. The van der Waals surface area contributed by atoms with Crippen molar-refractivity contribution < 1.29 is 14.3 Å². The van der Waals surface area contributed by atoms with Gasteiger partial charge < -0.3 is 24.3 Å². The van der Waals surface area contributed by atoms with Crippen LogP contribution in [0.3, 0.4) is 0 Å². The number of urea groups is 1. The summed E-state index contributed by atoms with van der Waals surface area (Å²) < 4.78 is 12.8. The molecule has 0 fully saturated rings. The molecule has 7 heteroatoms. The van der Waals surface area contributed by atoms with E-state index in [1.54, 1.807) is 23.1 Å². The fraction of sp³-hybridized carbons (Fsp3) is 0.304. The lowest BCUT2D eigenvalue weighted by Crippen LogP contribution is -2.42. The Balaban J connectivity index is 1.46. The highest BCUT2D eigenvalue weighted by Gasteiger charge is 2.26. The fourth-order valence-corrected chi connectivity index (χ4v) is 4.55. The van der Waals surface area contributed by atoms with Crippen molar-refractivity contribution in [3.05, 3.63) is 62.9 Å². The highest BCUT2D eigenvalue weighted by Crippen LogP contribution is 2.34. The standard InChI is InChI=1S/C23H23N3O4/c1-13-8-14(2)21-16(9-13)22(27)17-11-26(7-6-18(17)25(21)3)23(28)24-15-4-5-19-20(10-15)30-12-29-19/h4-5,8-10H,6-7,11-12H2,1-3H3,(H,24,28). The summed E-state index contributed by atoms with van der Waals surface area (Å²) in [6.45, 7) is 5.06. The minimum atomic E-state index is -0.234. The molecule has 0 spiro atoms. The average Bonchev–Trinajstić information content (AvgIpc) is 3.19. The molecule has 0 radical (unpaired) electrons. The Bertz CT molecular complexity index is 1260. The summed E-state index contributed by atoms with van der Waals surface area (Å²) in [6.07, 6.45) is 0.638. The third kappa shape index (κ3) is 2.89. The van der Waals surface area contributed by atoms with Crippen molar-refractivity contribution in [1.29, 1.82) is 0 Å². The van der Waals surface area contributed by atoms with Crippen LogP contribution in [0.25, 0.3) is 10.9 Å². The number of carbonyl (C=O) groups excluding carboxylic acids is 1. The minimum absolute atomic E-state index is 0.0190. The Hall–Kier alpha value is -3.48. The molecule has 2 aromatic carbocycles. The minimum Gasteiger partial charge on any atom is -0.454 e. The first-order chi connectivity index (χ1) is 14.4. The van der Waals surface area contributed by atoms with E-state index in [1.807, 2.05) is 27.0 Å². The summed E-state index contributed by atoms with van der Waals surface area (Å²) >= 11 is 0. The number of aromatic nitrogens is 1. The number of hydrogen-bond donors (Lipinski definition) is 1. The van der Waals surface area contributed by atoms with Gasteiger partial charge in [0.2, 0.25) is 6.79 Å². The molecule has 7 nitrogen and oxygen atoms in total. The van der Waals surface area contributed by atoms with E-state index >= 15 is 0 Å². The van der Waals surface area contributed by atoms with Crippen LogP contribution in [0, 0.1) is 13.8 Å². The molecule has 0 atom stereocenters. The van der Waals surface area contributed by atoms with Crippen molar-refractivity contribution in [1.82, 2.24) is 9.47 Å². The van der Waals surface area contributed by atoms with Crippen molar-refractivity contribution in [2.24, 2.45) is 7.05 Å². The number of aryl methyl sites for hydroxylation is 3. The van der Waals surface area contributed by atoms with Crippen LogP contribution in [-0.2, 0) is 20.0 Å². The van der Waals surface area contributed by atoms with E-state index in [1.165, 1.54) is 0 Å². The molecule has 1 aromatic heterocycles. The van der Waals surface area contributed by atoms with E-state index in [9.17, 15) is 9.59 Å². The number of pyridine rings is 1. The van der Waals surface area contributed by atoms with Gasteiger partial charge in [-0.05, 0) is 43.2 Å². The van der Waals surface area contributed by atoms with Crippen molar-refractivity contribution in [3.63, 3.8) is 0 Å². The number of hydrogen-bond acceptors (Lipinski definition) is 4. The van der Waals surface area contributed by atoms with Gasteiger partial charge in [0, 0.05) is 48.4 Å². The number of rotatable bonds is 1. The second-order valence-corrected chi connectivity index (χ2v) is 7.96. The van der Waals surface area contributed by atoms with Gasteiger partial charge in [0.1, 0.15) is 0 Å². The third-order valence-corrected chi connectivity index (χ3v) is 5.93. The molecule has 5 rings (SSSR count). The first-order valence-electron chi connectivity index (χ1n) is 9.99. The average molecular weight is 405 g/mol. The normalized spacial score (nSPS) is 14.7. The quantitative estimate of drug-likeness (QED) is 0.673. The van der Waals surface area contributed by atoms with Crippen LogP contribution >= 0.6 is 0 Å². The summed E-state index contributed by atoms with van der Waals surface area (Å²) in [5, 5.41) is 3.62. The summed E-state index contributed by atoms with van der Waals surface area (Å²) in [7, 11) is 2.01. The topological polar surface area (TPSA) is 72.8 Å². The molecular weight excluding hydrogens is 382 g/mol. The summed E-state index contributed by atoms with van der Waals surface area (Å²) in [6, 6.07) is 9.11. The third-order valence-electron chi connectivity index (χ3n) is 5.93. The lowest BCUT2D eigenvalue weighted by Gasteiger charge is -2.30. The number of amides is 2. The van der Waals surface area contributed by atoms with E-state index in [-0.39, 0.29) is 18.3 Å². The number of nitrogens with one attached hydrogen (secondary N) is 1. The zero-order valence-corrected chi connectivity index (χ0v) is 17.2. The van der Waals surface area contributed by atoms with E-state index in [4.69, 9.17) is 9.47 Å². The molecule has 0 saturated carbocycles. The predicted molar refractivity (Wildman–Crippen MR) is 114 cm³/mol. The van der Waals surface area contributed by atoms with Crippen molar-refractivity contribution in [2.45, 2.75) is 26.8 Å². The Morgan fingerprint density at radius 2 is 1.90 bits per heavy atom. The molecule has 2 aliphatic rings. The molecule has 0 aliphatic carbocycles. The second kappa shape index (κ2) is 6.79. The largest absolute Gasteiger partial charge is 0.454 e. The highest BCUT2D eigenvalue weighted by molar-refractivity contribution is 5.90. The molecule has 3 aromatic rings. The maximum absolute atomic E-state index is 13.3. The van der Waals surface area contributed by atoms with Crippen LogP contribution < -0.4 is 20.2 Å². The van der Waals surface area contributed by atoms with E-state index in [0.29, 0.717) is 47.6 Å². The zero-order valence-electron chi connectivity index (χ0n) is 17.2. The summed E-state index contributed by atoms with van der Waals surface area (Å²) in [5.74, 6) is 1.28. The molecule has 2 aliphatic heterocycles. The highest BCUT2D eigenvalue weighted by atomic mass is 16.7. The second-order valence-electron chi connectivity index (χ2n) is 7.96. The molecule has 2 amide bonds. The van der Waals surface area contributed by atoms with Crippen LogP contribution in [0.5, 0.6) is 11.5 Å². The lowest BCUT2D eigenvalue weighted by molar-refractivity contribution is 0.174. The van der Waals surface area contributed by atoms with Crippen molar-refractivity contribution in [2.75, 3.05) is 18.7 Å². The van der Waals surface area contributed by atoms with Crippen LogP contribution in [0.4, 0.5) is 10.5 Å². The monoisotopic (exact) mass is 405 g/mol. The van der Waals surface area contributed by atoms with Gasteiger partial charge in [-0.2, -0.15) is 0 Å². The van der Waals surface area contributed by atoms with Gasteiger partial charge in [-0.3, -0.25) is 4.79 Å². The van der Waals surface area contributed by atoms with Gasteiger partial charge >= 0.3 is 6.03 Å². The number of fused-ring (bicyclic) bond motifs is 3. The first kappa shape index (κ1) is 18.5. The molecule has 1 N–H and O–H groups in total. The molecule has 3 heterocycles. The number of benzene rings is 2. The van der Waals surface area contributed by atoms with Crippen molar-refractivity contribution in [3.8, 4) is 11.5 Å². The number of nitrogens with zero attached hydrogens (tertiary/aromatic N) is 2. The van der Waals surface area contributed by atoms with E-state index in [0.717, 1.165) is 22.3 Å². The molecule has 0 unspecified atom stereocenters. The SMILES string of the molecule is Cc1cc(C)c2c(c1)c(=O)c1c(n2C)CCN(C(=O)Nc2ccc3c(c2)OCO3)C1. The smallest absolute Gasteiger partial charge is 0.322 e. The Morgan fingerprint density at radius 3 is 2.73 bits per heavy atom. The van der Waals surface area contributed by atoms with E-state index < -0.39 is 0 Å². The van der Waals surface area contributed by atoms with Gasteiger partial charge in [-0.15, -0.1) is 0 Å². The number of carbonyl (C=O) groups is 1. The van der Waals surface area contributed by atoms with Crippen LogP contribution in [0.15, 0.2) is 35.1 Å². The summed E-state index contributed by atoms with van der Waals surface area (Å²) in [5.41, 5.74) is 5.48. The first-order valence-corrected chi connectivity index (χ1v) is 9.99. The van der Waals surface area contributed by atoms with Gasteiger partial charge in [0.25, 0.3) is 0 Å². The van der Waals surface area contributed by atoms with E-state index in [2.05, 4.69) is 16.0 Å². The van der Waals surface area contributed by atoms with Gasteiger partial charge in [-0.1, -0.05) is 6.07 Å². The van der Waals surface area contributed by atoms with Crippen molar-refractivity contribution >= 4 is 22.6 Å². The fourth-order valence-electron chi connectivity index (χ4n) is 4.55. The Morgan fingerprint density at radius 1 is 1.10 bits per heavy atom. The summed E-state index contributed by atoms with van der Waals surface area (Å²) in [4.78, 5) is 27.8. The van der Waals surface area contributed by atoms with Gasteiger partial charge in [0.05, 0.1) is 12.1 Å². The maximum Gasteiger partial charge on any atom is 0.322 e. The van der Waals surface area contributed by atoms with Crippen LogP contribution in [0.1, 0.15) is 22.4 Å². The molecule has 154 valence electrons. The lowest BCUT2D eigenvalue weighted by atomic mass is 9.98. The molecular formula is C23H23N3O4. The Labute approximate surface area is 173 Å². The Kier molecular flexibility index (Phi) is 4.20. The maximum atomic E-state index is 13.3. The molecule has 0 bridgehead atoms. The van der Waals surface area contributed by atoms with Crippen LogP contribution in [-0.4, -0.2) is 28.8 Å². The van der Waals surface area contributed by atoms with Crippen LogP contribution in [0.2, 0.25) is 0 Å². The number of ether oxygens (including phenoxy) is 2.